The van der Waals surface area contributed by atoms with E-state index in [0.29, 0.717) is 37.3 Å². The lowest BCUT2D eigenvalue weighted by Gasteiger charge is -2.29. The van der Waals surface area contributed by atoms with E-state index in [9.17, 15) is 9.59 Å². The van der Waals surface area contributed by atoms with Gasteiger partial charge in [-0.2, -0.15) is 5.10 Å². The number of carbonyl (C=O) groups excluding carboxylic acids is 1. The fourth-order valence-corrected chi connectivity index (χ4v) is 2.84. The number of nitrogens with zero attached hydrogens (tertiary/aromatic N) is 2. The van der Waals surface area contributed by atoms with E-state index in [1.165, 1.54) is 0 Å². The Bertz CT molecular complexity index is 731. The fourth-order valence-electron chi connectivity index (χ4n) is 2.84. The average molecular weight is 329 g/mol. The van der Waals surface area contributed by atoms with Gasteiger partial charge in [-0.3, -0.25) is 14.7 Å². The smallest absolute Gasteiger partial charge is 0.306 e. The molecule has 7 nitrogen and oxygen atoms in total. The van der Waals surface area contributed by atoms with Crippen molar-refractivity contribution < 1.29 is 19.4 Å². The molecule has 2 N–H and O–H groups in total. The Hall–Kier alpha value is -2.83. The van der Waals surface area contributed by atoms with Crippen LogP contribution >= 0.6 is 0 Å². The molecule has 1 aliphatic rings. The van der Waals surface area contributed by atoms with Gasteiger partial charge < -0.3 is 14.7 Å². The molecule has 0 atom stereocenters. The summed E-state index contributed by atoms with van der Waals surface area (Å²) in [4.78, 5) is 25.2. The molecule has 2 aromatic rings. The third kappa shape index (κ3) is 3.24. The van der Waals surface area contributed by atoms with Gasteiger partial charge in [0.1, 0.15) is 11.4 Å². The number of aromatic amines is 1. The number of aromatic nitrogens is 2. The number of likely N-dealkylation sites (tertiary alicyclic amines) is 1. The third-order valence-electron chi connectivity index (χ3n) is 4.33. The van der Waals surface area contributed by atoms with Gasteiger partial charge >= 0.3 is 5.97 Å². The van der Waals surface area contributed by atoms with Crippen molar-refractivity contribution in [3.63, 3.8) is 0 Å². The van der Waals surface area contributed by atoms with Crippen molar-refractivity contribution in [2.24, 2.45) is 5.92 Å². The molecule has 1 amide bonds. The Morgan fingerprint density at radius 3 is 2.50 bits per heavy atom. The highest BCUT2D eigenvalue weighted by atomic mass is 16.5. The Kier molecular flexibility index (Phi) is 4.50. The van der Waals surface area contributed by atoms with E-state index in [2.05, 4.69) is 10.2 Å². The lowest BCUT2D eigenvalue weighted by Crippen LogP contribution is -2.40. The first-order valence-corrected chi connectivity index (χ1v) is 7.80. The maximum atomic E-state index is 12.5. The van der Waals surface area contributed by atoms with Crippen molar-refractivity contribution in [3.8, 4) is 17.0 Å². The van der Waals surface area contributed by atoms with Gasteiger partial charge in [0.05, 0.1) is 18.7 Å². The number of aliphatic carboxylic acids is 1. The van der Waals surface area contributed by atoms with Crippen LogP contribution in [0.1, 0.15) is 23.3 Å². The van der Waals surface area contributed by atoms with E-state index in [-0.39, 0.29) is 11.8 Å². The molecule has 0 bridgehead atoms. The molecule has 1 saturated heterocycles. The third-order valence-corrected chi connectivity index (χ3v) is 4.33. The molecule has 3 rings (SSSR count). The molecule has 24 heavy (non-hydrogen) atoms. The molecule has 0 spiro atoms. The number of benzene rings is 1. The molecule has 126 valence electrons. The summed E-state index contributed by atoms with van der Waals surface area (Å²) in [6.07, 6.45) is 0.973. The first-order valence-electron chi connectivity index (χ1n) is 7.80. The highest BCUT2D eigenvalue weighted by Gasteiger charge is 2.28. The fraction of sp³-hybridized carbons (Fsp3) is 0.353. The minimum absolute atomic E-state index is 0.147. The van der Waals surface area contributed by atoms with Gasteiger partial charge in [-0.25, -0.2) is 0 Å². The standard InChI is InChI=1S/C17H19N3O4/c1-24-13-4-2-11(3-5-13)14-10-15(19-18-14)16(21)20-8-6-12(7-9-20)17(22)23/h2-5,10,12H,6-9H2,1H3,(H,18,19)(H,22,23). The summed E-state index contributed by atoms with van der Waals surface area (Å²) in [6, 6.07) is 9.14. The number of carboxylic acid groups (broad SMARTS) is 1. The van der Waals surface area contributed by atoms with Gasteiger partial charge in [-0.05, 0) is 43.2 Å². The minimum Gasteiger partial charge on any atom is -0.497 e. The van der Waals surface area contributed by atoms with Crippen LogP contribution < -0.4 is 4.74 Å². The van der Waals surface area contributed by atoms with E-state index in [1.54, 1.807) is 18.1 Å². The number of piperidine rings is 1. The van der Waals surface area contributed by atoms with E-state index in [4.69, 9.17) is 9.84 Å². The number of hydrogen-bond acceptors (Lipinski definition) is 4. The van der Waals surface area contributed by atoms with Gasteiger partial charge in [0.15, 0.2) is 0 Å². The first kappa shape index (κ1) is 16.0. The maximum absolute atomic E-state index is 12.5. The quantitative estimate of drug-likeness (QED) is 0.895. The number of methoxy groups -OCH3 is 1. The molecular formula is C17H19N3O4. The van der Waals surface area contributed by atoms with Crippen molar-refractivity contribution in [2.75, 3.05) is 20.2 Å². The summed E-state index contributed by atoms with van der Waals surface area (Å²) in [6.45, 7) is 0.902. The maximum Gasteiger partial charge on any atom is 0.306 e. The van der Waals surface area contributed by atoms with Crippen molar-refractivity contribution in [1.29, 1.82) is 0 Å². The predicted octanol–water partition coefficient (Wildman–Crippen LogP) is 2.02. The Morgan fingerprint density at radius 2 is 1.92 bits per heavy atom. The van der Waals surface area contributed by atoms with Gasteiger partial charge in [-0.15, -0.1) is 0 Å². The Labute approximate surface area is 139 Å². The number of nitrogens with one attached hydrogen (secondary N) is 1. The van der Waals surface area contributed by atoms with Crippen molar-refractivity contribution in [2.45, 2.75) is 12.8 Å². The number of carboxylic acids is 1. The molecule has 2 heterocycles. The zero-order valence-corrected chi connectivity index (χ0v) is 13.4. The summed E-state index contributed by atoms with van der Waals surface area (Å²) in [7, 11) is 1.61. The van der Waals surface area contributed by atoms with Gasteiger partial charge in [0.25, 0.3) is 5.91 Å². The van der Waals surface area contributed by atoms with E-state index in [0.717, 1.165) is 11.3 Å². The zero-order chi connectivity index (χ0) is 17.1. The summed E-state index contributed by atoms with van der Waals surface area (Å²) in [5, 5.41) is 16.0. The molecule has 1 aromatic heterocycles. The SMILES string of the molecule is COc1ccc(-c2cc(C(=O)N3CCC(C(=O)O)CC3)[nH]n2)cc1. The van der Waals surface area contributed by atoms with Crippen molar-refractivity contribution >= 4 is 11.9 Å². The van der Waals surface area contributed by atoms with Crippen LogP contribution in [0, 0.1) is 5.92 Å². The molecule has 0 saturated carbocycles. The normalized spacial score (nSPS) is 15.3. The Balaban J connectivity index is 1.68. The summed E-state index contributed by atoms with van der Waals surface area (Å²) in [5.74, 6) is -0.533. The lowest BCUT2D eigenvalue weighted by molar-refractivity contribution is -0.143. The highest BCUT2D eigenvalue weighted by Crippen LogP contribution is 2.23. The molecule has 7 heteroatoms. The monoisotopic (exact) mass is 329 g/mol. The van der Waals surface area contributed by atoms with Crippen LogP contribution in [0.4, 0.5) is 0 Å². The summed E-state index contributed by atoms with van der Waals surface area (Å²) in [5.41, 5.74) is 1.98. The van der Waals surface area contributed by atoms with Crippen molar-refractivity contribution in [1.82, 2.24) is 15.1 Å². The largest absolute Gasteiger partial charge is 0.497 e. The second-order valence-electron chi connectivity index (χ2n) is 5.80. The predicted molar refractivity (Wildman–Crippen MR) is 86.8 cm³/mol. The minimum atomic E-state index is -0.787. The molecule has 0 radical (unpaired) electrons. The highest BCUT2D eigenvalue weighted by molar-refractivity contribution is 5.93. The van der Waals surface area contributed by atoms with Crippen molar-refractivity contribution in [3.05, 3.63) is 36.0 Å². The lowest BCUT2D eigenvalue weighted by atomic mass is 9.97. The van der Waals surface area contributed by atoms with Crippen LogP contribution in [0.15, 0.2) is 30.3 Å². The molecule has 0 aliphatic carbocycles. The second-order valence-corrected chi connectivity index (χ2v) is 5.80. The molecule has 1 aromatic carbocycles. The van der Waals surface area contributed by atoms with E-state index >= 15 is 0 Å². The van der Waals surface area contributed by atoms with Crippen LogP contribution in [0.2, 0.25) is 0 Å². The Morgan fingerprint density at radius 1 is 1.25 bits per heavy atom. The van der Waals surface area contributed by atoms with Crippen LogP contribution in [-0.4, -0.2) is 52.3 Å². The molecule has 1 aliphatic heterocycles. The topological polar surface area (TPSA) is 95.5 Å². The number of amides is 1. The second kappa shape index (κ2) is 6.74. The number of ether oxygens (including phenoxy) is 1. The number of rotatable bonds is 4. The van der Waals surface area contributed by atoms with Gasteiger partial charge in [0.2, 0.25) is 0 Å². The number of carbonyl (C=O) groups is 2. The number of hydrogen-bond donors (Lipinski definition) is 2. The average Bonchev–Trinajstić information content (AvgIpc) is 3.11. The molecular weight excluding hydrogens is 310 g/mol. The van der Waals surface area contributed by atoms with Crippen LogP contribution in [0.5, 0.6) is 5.75 Å². The first-order chi connectivity index (χ1) is 11.6. The summed E-state index contributed by atoms with van der Waals surface area (Å²) < 4.78 is 5.12. The molecule has 0 unspecified atom stereocenters. The zero-order valence-electron chi connectivity index (χ0n) is 13.4. The van der Waals surface area contributed by atoms with Gasteiger partial charge in [-0.1, -0.05) is 0 Å². The summed E-state index contributed by atoms with van der Waals surface area (Å²) >= 11 is 0. The van der Waals surface area contributed by atoms with Gasteiger partial charge in [0, 0.05) is 18.7 Å². The number of H-pyrrole nitrogens is 1. The van der Waals surface area contributed by atoms with Crippen LogP contribution in [-0.2, 0) is 4.79 Å². The van der Waals surface area contributed by atoms with E-state index < -0.39 is 5.97 Å². The molecule has 1 fully saturated rings. The van der Waals surface area contributed by atoms with E-state index in [1.807, 2.05) is 24.3 Å². The van der Waals surface area contributed by atoms with Crippen LogP contribution in [0.3, 0.4) is 0 Å². The van der Waals surface area contributed by atoms with Crippen LogP contribution in [0.25, 0.3) is 11.3 Å².